The third kappa shape index (κ3) is 5.26. The number of aromatic hydroxyl groups is 2. The minimum atomic E-state index is -0.364. The van der Waals surface area contributed by atoms with E-state index in [1.807, 2.05) is 30.3 Å². The van der Waals surface area contributed by atoms with Crippen LogP contribution in [0.5, 0.6) is 11.5 Å². The Morgan fingerprint density at radius 2 is 1.68 bits per heavy atom. The number of hydrogen-bond acceptors (Lipinski definition) is 3. The lowest BCUT2D eigenvalue weighted by Gasteiger charge is -2.09. The maximum absolute atomic E-state index is 9.99. The zero-order valence-electron chi connectivity index (χ0n) is 12.5. The first-order chi connectivity index (χ1) is 10.6. The molecular weight excluding hydrogens is 276 g/mol. The van der Waals surface area contributed by atoms with Crippen molar-refractivity contribution in [2.24, 2.45) is 0 Å². The number of rotatable bonds is 7. The molecule has 0 aliphatic carbocycles. The molecule has 0 amide bonds. The minimum absolute atomic E-state index is 0.113. The summed E-state index contributed by atoms with van der Waals surface area (Å²) in [6.45, 7) is 0. The van der Waals surface area contributed by atoms with Gasteiger partial charge < -0.3 is 15.3 Å². The number of aliphatic hydroxyl groups excluding tert-OH is 1. The normalized spacial score (nSPS) is 12.6. The first-order valence-electron chi connectivity index (χ1n) is 7.55. The number of hydrogen-bond donors (Lipinski definition) is 3. The average Bonchev–Trinajstić information content (AvgIpc) is 2.54. The van der Waals surface area contributed by atoms with Crippen molar-refractivity contribution >= 4 is 6.08 Å². The van der Waals surface area contributed by atoms with Gasteiger partial charge in [0.1, 0.15) is 0 Å². The van der Waals surface area contributed by atoms with Crippen molar-refractivity contribution in [2.45, 2.75) is 31.8 Å². The topological polar surface area (TPSA) is 60.7 Å². The van der Waals surface area contributed by atoms with Gasteiger partial charge in [-0.15, -0.1) is 0 Å². The van der Waals surface area contributed by atoms with Crippen molar-refractivity contribution in [2.75, 3.05) is 0 Å². The van der Waals surface area contributed by atoms with E-state index in [0.717, 1.165) is 17.5 Å². The average molecular weight is 298 g/mol. The van der Waals surface area contributed by atoms with Crippen LogP contribution >= 0.6 is 0 Å². The van der Waals surface area contributed by atoms with Crippen LogP contribution in [-0.4, -0.2) is 21.4 Å². The summed E-state index contributed by atoms with van der Waals surface area (Å²) in [4.78, 5) is 0. The Kier molecular flexibility index (Phi) is 6.04. The van der Waals surface area contributed by atoms with Gasteiger partial charge >= 0.3 is 0 Å². The molecule has 0 aromatic heterocycles. The Morgan fingerprint density at radius 1 is 0.909 bits per heavy atom. The van der Waals surface area contributed by atoms with Gasteiger partial charge in [-0.05, 0) is 48.9 Å². The molecule has 0 fully saturated rings. The predicted octanol–water partition coefficient (Wildman–Crippen LogP) is 3.88. The molecule has 22 heavy (non-hydrogen) atoms. The molecule has 0 radical (unpaired) electrons. The molecule has 0 heterocycles. The number of benzene rings is 2. The third-order valence-electron chi connectivity index (χ3n) is 3.58. The van der Waals surface area contributed by atoms with Gasteiger partial charge in [0.2, 0.25) is 0 Å². The fourth-order valence-corrected chi connectivity index (χ4v) is 2.27. The number of phenolic OH excluding ortho intramolecular Hbond substituents is 2. The second-order valence-electron chi connectivity index (χ2n) is 5.41. The standard InChI is InChI=1S/C19H22O3/c20-17(9-5-4-8-15-6-2-1-3-7-15)12-10-16-11-13-18(21)19(22)14-16/h1-4,6-8,11,13-14,17,20-22H,5,9-10,12H2. The SMILES string of the molecule is Oc1ccc(CCC(O)CCC=Cc2ccccc2)cc1O. The molecule has 3 heteroatoms. The van der Waals surface area contributed by atoms with Crippen LogP contribution in [-0.2, 0) is 6.42 Å². The summed E-state index contributed by atoms with van der Waals surface area (Å²) in [5.74, 6) is -0.229. The Labute approximate surface area is 131 Å². The van der Waals surface area contributed by atoms with E-state index in [-0.39, 0.29) is 17.6 Å². The van der Waals surface area contributed by atoms with Gasteiger partial charge in [0.25, 0.3) is 0 Å². The van der Waals surface area contributed by atoms with Crippen LogP contribution in [0.2, 0.25) is 0 Å². The highest BCUT2D eigenvalue weighted by atomic mass is 16.3. The molecular formula is C19H22O3. The predicted molar refractivity (Wildman–Crippen MR) is 88.8 cm³/mol. The van der Waals surface area contributed by atoms with Crippen LogP contribution in [0.1, 0.15) is 30.4 Å². The zero-order chi connectivity index (χ0) is 15.8. The van der Waals surface area contributed by atoms with Gasteiger partial charge in [0.05, 0.1) is 6.10 Å². The Morgan fingerprint density at radius 3 is 2.41 bits per heavy atom. The molecule has 2 aromatic carbocycles. The van der Waals surface area contributed by atoms with Crippen molar-refractivity contribution in [3.63, 3.8) is 0 Å². The van der Waals surface area contributed by atoms with Crippen LogP contribution in [0.15, 0.2) is 54.6 Å². The zero-order valence-corrected chi connectivity index (χ0v) is 12.5. The van der Waals surface area contributed by atoms with E-state index < -0.39 is 0 Å². The number of allylic oxidation sites excluding steroid dienone is 1. The van der Waals surface area contributed by atoms with Crippen molar-refractivity contribution < 1.29 is 15.3 Å². The molecule has 3 nitrogen and oxygen atoms in total. The van der Waals surface area contributed by atoms with Crippen molar-refractivity contribution in [1.82, 2.24) is 0 Å². The number of aliphatic hydroxyl groups is 1. The maximum atomic E-state index is 9.99. The Hall–Kier alpha value is -2.26. The second kappa shape index (κ2) is 8.25. The van der Waals surface area contributed by atoms with Gasteiger partial charge in [0, 0.05) is 0 Å². The Balaban J connectivity index is 1.70. The van der Waals surface area contributed by atoms with E-state index in [2.05, 4.69) is 12.2 Å². The van der Waals surface area contributed by atoms with Gasteiger partial charge in [-0.1, -0.05) is 48.6 Å². The minimum Gasteiger partial charge on any atom is -0.504 e. The molecule has 0 saturated carbocycles. The maximum Gasteiger partial charge on any atom is 0.157 e. The summed E-state index contributed by atoms with van der Waals surface area (Å²) < 4.78 is 0. The molecule has 0 spiro atoms. The van der Waals surface area contributed by atoms with Crippen molar-refractivity contribution in [3.05, 3.63) is 65.7 Å². The largest absolute Gasteiger partial charge is 0.504 e. The van der Waals surface area contributed by atoms with Crippen LogP contribution in [0.3, 0.4) is 0 Å². The summed E-state index contributed by atoms with van der Waals surface area (Å²) in [6.07, 6.45) is 6.64. The van der Waals surface area contributed by atoms with E-state index in [9.17, 15) is 15.3 Å². The van der Waals surface area contributed by atoms with E-state index in [1.165, 1.54) is 12.1 Å². The van der Waals surface area contributed by atoms with Gasteiger partial charge in [-0.3, -0.25) is 0 Å². The van der Waals surface area contributed by atoms with Crippen LogP contribution in [0.4, 0.5) is 0 Å². The van der Waals surface area contributed by atoms with Crippen LogP contribution in [0, 0.1) is 0 Å². The molecule has 1 unspecified atom stereocenters. The van der Waals surface area contributed by atoms with E-state index in [1.54, 1.807) is 6.07 Å². The molecule has 0 bridgehead atoms. The molecule has 3 N–H and O–H groups in total. The summed E-state index contributed by atoms with van der Waals surface area (Å²) >= 11 is 0. The first-order valence-corrected chi connectivity index (χ1v) is 7.55. The Bertz CT molecular complexity index is 605. The monoisotopic (exact) mass is 298 g/mol. The highest BCUT2D eigenvalue weighted by molar-refractivity contribution is 5.48. The fourth-order valence-electron chi connectivity index (χ4n) is 2.27. The van der Waals surface area contributed by atoms with Gasteiger partial charge in [0.15, 0.2) is 11.5 Å². The lowest BCUT2D eigenvalue weighted by atomic mass is 10.0. The van der Waals surface area contributed by atoms with Crippen LogP contribution in [0.25, 0.3) is 6.08 Å². The first kappa shape index (κ1) is 16.1. The molecule has 2 aromatic rings. The van der Waals surface area contributed by atoms with Crippen molar-refractivity contribution in [3.8, 4) is 11.5 Å². The lowest BCUT2D eigenvalue weighted by molar-refractivity contribution is 0.156. The highest BCUT2D eigenvalue weighted by Gasteiger charge is 2.05. The molecule has 1 atom stereocenters. The van der Waals surface area contributed by atoms with E-state index >= 15 is 0 Å². The summed E-state index contributed by atoms with van der Waals surface area (Å²) in [5, 5.41) is 28.7. The lowest BCUT2D eigenvalue weighted by Crippen LogP contribution is -2.07. The van der Waals surface area contributed by atoms with E-state index in [4.69, 9.17) is 0 Å². The second-order valence-corrected chi connectivity index (χ2v) is 5.41. The molecule has 2 rings (SSSR count). The molecule has 0 saturated heterocycles. The van der Waals surface area contributed by atoms with Crippen LogP contribution < -0.4 is 0 Å². The molecule has 0 aliphatic rings. The summed E-state index contributed by atoms with van der Waals surface area (Å²) in [7, 11) is 0. The molecule has 0 aliphatic heterocycles. The summed E-state index contributed by atoms with van der Waals surface area (Å²) in [6, 6.07) is 14.9. The number of phenols is 2. The smallest absolute Gasteiger partial charge is 0.157 e. The van der Waals surface area contributed by atoms with E-state index in [0.29, 0.717) is 19.3 Å². The molecule has 116 valence electrons. The van der Waals surface area contributed by atoms with Crippen molar-refractivity contribution in [1.29, 1.82) is 0 Å². The van der Waals surface area contributed by atoms with Gasteiger partial charge in [-0.25, -0.2) is 0 Å². The quantitative estimate of drug-likeness (QED) is 0.680. The highest BCUT2D eigenvalue weighted by Crippen LogP contribution is 2.25. The fraction of sp³-hybridized carbons (Fsp3) is 0.263. The third-order valence-corrected chi connectivity index (χ3v) is 3.58. The number of aryl methyl sites for hydroxylation is 1. The summed E-state index contributed by atoms with van der Waals surface area (Å²) in [5.41, 5.74) is 2.07. The van der Waals surface area contributed by atoms with Gasteiger partial charge in [-0.2, -0.15) is 0 Å².